The van der Waals surface area contributed by atoms with Gasteiger partial charge in [0.25, 0.3) is 0 Å². The van der Waals surface area contributed by atoms with Gasteiger partial charge in [-0.05, 0) is 24.8 Å². The van der Waals surface area contributed by atoms with Gasteiger partial charge in [-0.3, -0.25) is 9.59 Å². The van der Waals surface area contributed by atoms with Gasteiger partial charge in [-0.25, -0.2) is 14.8 Å². The van der Waals surface area contributed by atoms with Gasteiger partial charge in [-0.15, -0.1) is 0 Å². The molecule has 0 saturated heterocycles. The van der Waals surface area contributed by atoms with Crippen LogP contribution in [0.15, 0.2) is 29.6 Å². The average molecular weight is 457 g/mol. The minimum Gasteiger partial charge on any atom is -0.492 e. The fourth-order valence-electron chi connectivity index (χ4n) is 3.30. The van der Waals surface area contributed by atoms with Crippen molar-refractivity contribution < 1.29 is 29.7 Å². The fraction of sp³-hybridized carbons (Fsp3) is 0.350. The first-order valence-electron chi connectivity index (χ1n) is 10.0. The quantitative estimate of drug-likeness (QED) is 0.295. The van der Waals surface area contributed by atoms with E-state index < -0.39 is 23.9 Å². The highest BCUT2D eigenvalue weighted by Crippen LogP contribution is 2.24. The maximum atomic E-state index is 12.5. The second-order valence-corrected chi connectivity index (χ2v) is 7.51. The average Bonchev–Trinajstić information content (AvgIpc) is 2.74. The number of amides is 1. The minimum absolute atomic E-state index is 0.107. The number of nitrogens with zero attached hydrogens (tertiary/aromatic N) is 4. The van der Waals surface area contributed by atoms with Crippen molar-refractivity contribution in [2.45, 2.75) is 38.8 Å². The Kier molecular flexibility index (Phi) is 7.00. The standard InChI is InChI=1S/C20H23N7O6/c1-9-6-10(2-3-12(9)17(30)25-13(19(32)33)4-5-14(28)29)22-7-11-8-23-16-15(24-11)18(31)27-20(21)26-16/h2-3,8-9,13,22H,4-7H2,1H3,(H,25,30)(H,28,29)(H,32,33)(H3,21,23,26,27,31)/t9?,13-/m0/s1. The summed E-state index contributed by atoms with van der Waals surface area (Å²) < 4.78 is 0. The summed E-state index contributed by atoms with van der Waals surface area (Å²) in [7, 11) is 0. The summed E-state index contributed by atoms with van der Waals surface area (Å²) in [5.74, 6) is -3.66. The lowest BCUT2D eigenvalue weighted by Gasteiger charge is -2.23. The van der Waals surface area contributed by atoms with E-state index in [9.17, 15) is 24.6 Å². The molecule has 13 nitrogen and oxygen atoms in total. The molecule has 1 amide bonds. The number of hydrogen-bond donors (Lipinski definition) is 6. The van der Waals surface area contributed by atoms with E-state index in [-0.39, 0.29) is 48.3 Å². The highest BCUT2D eigenvalue weighted by molar-refractivity contribution is 5.97. The van der Waals surface area contributed by atoms with Crippen LogP contribution in [0.4, 0.5) is 5.95 Å². The molecular formula is C20H23N7O6. The smallest absolute Gasteiger partial charge is 0.326 e. The molecule has 0 aliphatic heterocycles. The third-order valence-corrected chi connectivity index (χ3v) is 4.99. The number of nitrogens with one attached hydrogen (secondary N) is 2. The van der Waals surface area contributed by atoms with E-state index in [1.54, 1.807) is 12.2 Å². The molecule has 3 rings (SSSR count). The zero-order valence-electron chi connectivity index (χ0n) is 17.6. The zero-order chi connectivity index (χ0) is 24.1. The lowest BCUT2D eigenvalue weighted by atomic mass is 9.90. The molecule has 0 fully saturated rings. The molecule has 2 aromatic rings. The largest absolute Gasteiger partial charge is 0.492 e. The van der Waals surface area contributed by atoms with Gasteiger partial charge < -0.3 is 31.7 Å². The number of hydrogen-bond acceptors (Lipinski definition) is 10. The number of aromatic hydroxyl groups is 1. The lowest BCUT2D eigenvalue weighted by Crippen LogP contribution is -2.42. The predicted molar refractivity (Wildman–Crippen MR) is 114 cm³/mol. The highest BCUT2D eigenvalue weighted by Gasteiger charge is 2.26. The van der Waals surface area contributed by atoms with Crippen LogP contribution in [0.5, 0.6) is 5.88 Å². The Bertz CT molecular complexity index is 1160. The van der Waals surface area contributed by atoms with Gasteiger partial charge in [-0.2, -0.15) is 9.97 Å². The fourth-order valence-corrected chi connectivity index (χ4v) is 3.30. The molecule has 33 heavy (non-hydrogen) atoms. The molecule has 2 aromatic heterocycles. The second kappa shape index (κ2) is 9.89. The number of anilines is 1. The van der Waals surface area contributed by atoms with Crippen LogP contribution in [0.2, 0.25) is 0 Å². The molecule has 0 saturated carbocycles. The highest BCUT2D eigenvalue weighted by atomic mass is 16.4. The van der Waals surface area contributed by atoms with E-state index in [4.69, 9.17) is 10.8 Å². The van der Waals surface area contributed by atoms with Gasteiger partial charge in [0.2, 0.25) is 17.7 Å². The molecule has 0 spiro atoms. The van der Waals surface area contributed by atoms with Crippen molar-refractivity contribution in [3.8, 4) is 5.88 Å². The number of aliphatic carboxylic acids is 2. The van der Waals surface area contributed by atoms with Gasteiger partial charge in [0.05, 0.1) is 18.4 Å². The summed E-state index contributed by atoms with van der Waals surface area (Å²) in [5, 5.41) is 33.4. The summed E-state index contributed by atoms with van der Waals surface area (Å²) in [5.41, 5.74) is 7.52. The number of carbonyl (C=O) groups excluding carboxylic acids is 1. The SMILES string of the molecule is CC1CC(NCc2cnc3nc(N)nc(O)c3n2)=CC=C1C(=O)N[C@@H](CCC(=O)O)C(=O)O. The van der Waals surface area contributed by atoms with Gasteiger partial charge in [0, 0.05) is 17.7 Å². The Morgan fingerprint density at radius 2 is 1.97 bits per heavy atom. The van der Waals surface area contributed by atoms with E-state index in [1.165, 1.54) is 6.20 Å². The number of allylic oxidation sites excluding steroid dienone is 3. The van der Waals surface area contributed by atoms with Crippen molar-refractivity contribution in [1.82, 2.24) is 30.6 Å². The van der Waals surface area contributed by atoms with Crippen LogP contribution < -0.4 is 16.4 Å². The first-order chi connectivity index (χ1) is 15.6. The Morgan fingerprint density at radius 1 is 1.21 bits per heavy atom. The number of aromatic nitrogens is 4. The first kappa shape index (κ1) is 23.4. The summed E-state index contributed by atoms with van der Waals surface area (Å²) >= 11 is 0. The molecule has 0 bridgehead atoms. The van der Waals surface area contributed by atoms with E-state index in [2.05, 4.69) is 30.6 Å². The molecule has 2 atom stereocenters. The van der Waals surface area contributed by atoms with Crippen molar-refractivity contribution in [2.75, 3.05) is 5.73 Å². The van der Waals surface area contributed by atoms with Crippen LogP contribution >= 0.6 is 0 Å². The van der Waals surface area contributed by atoms with Gasteiger partial charge >= 0.3 is 11.9 Å². The van der Waals surface area contributed by atoms with Crippen LogP contribution in [0.3, 0.4) is 0 Å². The van der Waals surface area contributed by atoms with E-state index in [0.717, 1.165) is 5.70 Å². The number of nitrogens with two attached hydrogens (primary N) is 1. The number of carboxylic acid groups (broad SMARTS) is 2. The molecule has 13 heteroatoms. The molecule has 2 heterocycles. The number of rotatable bonds is 9. The lowest BCUT2D eigenvalue weighted by molar-refractivity contribution is -0.142. The number of nitrogen functional groups attached to an aromatic ring is 1. The molecule has 1 aliphatic carbocycles. The van der Waals surface area contributed by atoms with Crippen LogP contribution in [-0.2, 0) is 20.9 Å². The molecule has 174 valence electrons. The van der Waals surface area contributed by atoms with Crippen LogP contribution in [-0.4, -0.2) is 59.1 Å². The number of carbonyl (C=O) groups is 3. The third-order valence-electron chi connectivity index (χ3n) is 4.99. The summed E-state index contributed by atoms with van der Waals surface area (Å²) in [6.45, 7) is 2.11. The maximum absolute atomic E-state index is 12.5. The zero-order valence-corrected chi connectivity index (χ0v) is 17.6. The van der Waals surface area contributed by atoms with Gasteiger partial charge in [0.1, 0.15) is 6.04 Å². The van der Waals surface area contributed by atoms with Gasteiger partial charge in [0.15, 0.2) is 11.2 Å². The molecule has 0 aromatic carbocycles. The first-order valence-corrected chi connectivity index (χ1v) is 10.0. The van der Waals surface area contributed by atoms with Crippen molar-refractivity contribution >= 4 is 35.0 Å². The second-order valence-electron chi connectivity index (χ2n) is 7.51. The van der Waals surface area contributed by atoms with Crippen LogP contribution in [0.25, 0.3) is 11.2 Å². The topological polar surface area (TPSA) is 214 Å². The summed E-state index contributed by atoms with van der Waals surface area (Å²) in [4.78, 5) is 50.5. The van der Waals surface area contributed by atoms with Crippen molar-refractivity contribution in [1.29, 1.82) is 0 Å². The molecule has 7 N–H and O–H groups in total. The van der Waals surface area contributed by atoms with Crippen molar-refractivity contribution in [3.63, 3.8) is 0 Å². The van der Waals surface area contributed by atoms with Crippen molar-refractivity contribution in [3.05, 3.63) is 35.3 Å². The molecule has 1 unspecified atom stereocenters. The Labute approximate surface area is 187 Å². The summed E-state index contributed by atoms with van der Waals surface area (Å²) in [6.07, 6.45) is 4.70. The Morgan fingerprint density at radius 3 is 2.64 bits per heavy atom. The number of carboxylic acids is 2. The van der Waals surface area contributed by atoms with Crippen LogP contribution in [0, 0.1) is 5.92 Å². The molecular weight excluding hydrogens is 434 g/mol. The minimum atomic E-state index is -1.29. The van der Waals surface area contributed by atoms with E-state index >= 15 is 0 Å². The molecule has 1 aliphatic rings. The van der Waals surface area contributed by atoms with Gasteiger partial charge in [-0.1, -0.05) is 13.0 Å². The Balaban J connectivity index is 1.65. The maximum Gasteiger partial charge on any atom is 0.326 e. The predicted octanol–water partition coefficient (Wildman–Crippen LogP) is 0.0815. The van der Waals surface area contributed by atoms with Crippen LogP contribution in [0.1, 0.15) is 31.9 Å². The Hall–Kier alpha value is -4.29. The molecule has 0 radical (unpaired) electrons. The van der Waals surface area contributed by atoms with E-state index in [0.29, 0.717) is 17.7 Å². The summed E-state index contributed by atoms with van der Waals surface area (Å²) in [6, 6.07) is -1.28. The third kappa shape index (κ3) is 5.90. The number of fused-ring (bicyclic) bond motifs is 1. The van der Waals surface area contributed by atoms with E-state index in [1.807, 2.05) is 6.92 Å². The normalized spacial score (nSPS) is 16.5. The monoisotopic (exact) mass is 457 g/mol. The van der Waals surface area contributed by atoms with Crippen molar-refractivity contribution in [2.24, 2.45) is 5.92 Å².